The Morgan fingerprint density at radius 1 is 1.45 bits per heavy atom. The fraction of sp³-hybridized carbons (Fsp3) is 0.571. The lowest BCUT2D eigenvalue weighted by molar-refractivity contribution is -0.0517. The highest BCUT2D eigenvalue weighted by atomic mass is 79.9. The van der Waals surface area contributed by atoms with Gasteiger partial charge in [-0.05, 0) is 40.5 Å². The largest absolute Gasteiger partial charge is 0.493 e. The molecule has 22 heavy (non-hydrogen) atoms. The zero-order valence-electron chi connectivity index (χ0n) is 12.4. The van der Waals surface area contributed by atoms with Crippen LogP contribution in [0, 0.1) is 0 Å². The minimum Gasteiger partial charge on any atom is -0.493 e. The summed E-state index contributed by atoms with van der Waals surface area (Å²) in [6.45, 7) is 2.87. The van der Waals surface area contributed by atoms with E-state index in [0.29, 0.717) is 16.3 Å². The van der Waals surface area contributed by atoms with Gasteiger partial charge in [-0.2, -0.15) is 8.78 Å². The minimum atomic E-state index is -2.88. The number of methoxy groups -OCH3 is 1. The van der Waals surface area contributed by atoms with Gasteiger partial charge < -0.3 is 14.8 Å². The van der Waals surface area contributed by atoms with Gasteiger partial charge in [0.1, 0.15) is 0 Å². The third-order valence-electron chi connectivity index (χ3n) is 3.36. The van der Waals surface area contributed by atoms with Gasteiger partial charge in [-0.1, -0.05) is 0 Å². The maximum atomic E-state index is 12.4. The number of ether oxygens (including phenoxy) is 2. The molecule has 0 saturated carbocycles. The van der Waals surface area contributed by atoms with Crippen molar-refractivity contribution in [1.29, 1.82) is 0 Å². The molecule has 1 saturated heterocycles. The number of benzene rings is 1. The molecule has 0 aliphatic carbocycles. The fourth-order valence-corrected chi connectivity index (χ4v) is 3.06. The zero-order valence-corrected chi connectivity index (χ0v) is 14.8. The van der Waals surface area contributed by atoms with E-state index in [1.54, 1.807) is 12.1 Å². The van der Waals surface area contributed by atoms with Crippen molar-refractivity contribution in [3.8, 4) is 11.5 Å². The van der Waals surface area contributed by atoms with Gasteiger partial charge in [0.25, 0.3) is 0 Å². The molecule has 0 unspecified atom stereocenters. The van der Waals surface area contributed by atoms with Crippen molar-refractivity contribution in [2.24, 2.45) is 0 Å². The van der Waals surface area contributed by atoms with Crippen LogP contribution in [0.25, 0.3) is 0 Å². The summed E-state index contributed by atoms with van der Waals surface area (Å²) in [5, 5.41) is 3.38. The van der Waals surface area contributed by atoms with Crippen LogP contribution in [-0.4, -0.2) is 44.3 Å². The van der Waals surface area contributed by atoms with Crippen LogP contribution in [0.4, 0.5) is 8.78 Å². The Balaban J connectivity index is 0.00000242. The summed E-state index contributed by atoms with van der Waals surface area (Å²) >= 11 is 3.27. The molecule has 8 heteroatoms. The molecule has 4 nitrogen and oxygen atoms in total. The molecule has 1 atom stereocenters. The van der Waals surface area contributed by atoms with E-state index in [1.165, 1.54) is 7.11 Å². The molecule has 1 aliphatic heterocycles. The van der Waals surface area contributed by atoms with Crippen molar-refractivity contribution >= 4 is 28.3 Å². The van der Waals surface area contributed by atoms with Crippen LogP contribution < -0.4 is 14.8 Å². The third kappa shape index (κ3) is 5.22. The van der Waals surface area contributed by atoms with Gasteiger partial charge in [-0.25, -0.2) is 0 Å². The summed E-state index contributed by atoms with van der Waals surface area (Å²) in [5.74, 6) is 0.341. The molecule has 1 heterocycles. The summed E-state index contributed by atoms with van der Waals surface area (Å²) in [5.41, 5.74) is 0.995. The highest BCUT2D eigenvalue weighted by Gasteiger charge is 2.19. The molecular weight excluding hydrogens is 382 g/mol. The van der Waals surface area contributed by atoms with Crippen molar-refractivity contribution in [3.63, 3.8) is 0 Å². The van der Waals surface area contributed by atoms with Crippen molar-refractivity contribution in [2.45, 2.75) is 26.1 Å². The quantitative estimate of drug-likeness (QED) is 0.821. The topological polar surface area (TPSA) is 33.7 Å². The molecule has 0 amide bonds. The van der Waals surface area contributed by atoms with E-state index in [0.717, 1.165) is 31.7 Å². The summed E-state index contributed by atoms with van der Waals surface area (Å²) in [4.78, 5) is 2.32. The van der Waals surface area contributed by atoms with Gasteiger partial charge in [0.2, 0.25) is 0 Å². The number of nitrogens with one attached hydrogen (secondary N) is 1. The first-order valence-electron chi connectivity index (χ1n) is 6.76. The monoisotopic (exact) mass is 400 g/mol. The van der Waals surface area contributed by atoms with Crippen molar-refractivity contribution in [2.75, 3.05) is 26.7 Å². The van der Waals surface area contributed by atoms with Crippen molar-refractivity contribution in [3.05, 3.63) is 22.2 Å². The van der Waals surface area contributed by atoms with Gasteiger partial charge >= 0.3 is 6.61 Å². The molecule has 126 valence electrons. The standard InChI is InChI=1S/C14H19BrF2N2O2.ClH/c1-9-7-19(4-3-18-9)8-10-5-11(15)13(21-14(16)17)12(6-10)20-2;/h5-6,9,14,18H,3-4,7-8H2,1-2H3;1H/t9-;/m1./s1. The fourth-order valence-electron chi connectivity index (χ4n) is 2.48. The lowest BCUT2D eigenvalue weighted by atomic mass is 10.1. The highest BCUT2D eigenvalue weighted by molar-refractivity contribution is 9.10. The third-order valence-corrected chi connectivity index (χ3v) is 3.94. The summed E-state index contributed by atoms with van der Waals surface area (Å²) in [6, 6.07) is 3.99. The zero-order chi connectivity index (χ0) is 15.4. The smallest absolute Gasteiger partial charge is 0.387 e. The first-order valence-corrected chi connectivity index (χ1v) is 7.56. The lowest BCUT2D eigenvalue weighted by Gasteiger charge is -2.32. The van der Waals surface area contributed by atoms with E-state index in [4.69, 9.17) is 4.74 Å². The first-order chi connectivity index (χ1) is 9.99. The predicted molar refractivity (Wildman–Crippen MR) is 87.3 cm³/mol. The second-order valence-electron chi connectivity index (χ2n) is 5.08. The number of alkyl halides is 2. The van der Waals surface area contributed by atoms with E-state index in [1.807, 2.05) is 0 Å². The Kier molecular flexibility index (Phi) is 7.82. The molecule has 1 aliphatic rings. The molecule has 0 aromatic heterocycles. The Labute approximate surface area is 143 Å². The van der Waals surface area contributed by atoms with Crippen molar-refractivity contribution < 1.29 is 18.3 Å². The molecule has 1 aromatic carbocycles. The van der Waals surface area contributed by atoms with Crippen LogP contribution in [0.15, 0.2) is 16.6 Å². The molecule has 1 aromatic rings. The van der Waals surface area contributed by atoms with Crippen LogP contribution >= 0.6 is 28.3 Å². The van der Waals surface area contributed by atoms with E-state index < -0.39 is 6.61 Å². The van der Waals surface area contributed by atoms with E-state index in [-0.39, 0.29) is 18.2 Å². The summed E-state index contributed by atoms with van der Waals surface area (Å²) < 4.78 is 35.0. The minimum absolute atomic E-state index is 0. The van der Waals surface area contributed by atoms with Crippen LogP contribution in [0.2, 0.25) is 0 Å². The Morgan fingerprint density at radius 2 is 2.18 bits per heavy atom. The Bertz CT molecular complexity index is 494. The van der Waals surface area contributed by atoms with Gasteiger partial charge in [-0.15, -0.1) is 12.4 Å². The van der Waals surface area contributed by atoms with E-state index in [9.17, 15) is 8.78 Å². The van der Waals surface area contributed by atoms with Gasteiger partial charge in [0.05, 0.1) is 11.6 Å². The second kappa shape index (κ2) is 8.86. The maximum Gasteiger partial charge on any atom is 0.387 e. The van der Waals surface area contributed by atoms with Gasteiger partial charge in [0.15, 0.2) is 11.5 Å². The SMILES string of the molecule is COc1cc(CN2CCN[C@H](C)C2)cc(Br)c1OC(F)F.Cl. The number of nitrogens with zero attached hydrogens (tertiary/aromatic N) is 1. The van der Waals surface area contributed by atoms with E-state index in [2.05, 4.69) is 37.8 Å². The number of hydrogen-bond donors (Lipinski definition) is 1. The number of halogens is 4. The number of hydrogen-bond acceptors (Lipinski definition) is 4. The Hall–Kier alpha value is -0.630. The lowest BCUT2D eigenvalue weighted by Crippen LogP contribution is -2.48. The number of rotatable bonds is 5. The molecule has 0 radical (unpaired) electrons. The Morgan fingerprint density at radius 3 is 2.77 bits per heavy atom. The van der Waals surface area contributed by atoms with Crippen LogP contribution in [0.1, 0.15) is 12.5 Å². The highest BCUT2D eigenvalue weighted by Crippen LogP contribution is 2.38. The second-order valence-corrected chi connectivity index (χ2v) is 5.93. The molecule has 0 spiro atoms. The molecule has 0 bridgehead atoms. The average Bonchev–Trinajstić information content (AvgIpc) is 2.41. The predicted octanol–water partition coefficient (Wildman–Crippen LogP) is 3.27. The summed E-state index contributed by atoms with van der Waals surface area (Å²) in [6.07, 6.45) is 0. The van der Waals surface area contributed by atoms with Crippen LogP contribution in [0.3, 0.4) is 0 Å². The van der Waals surface area contributed by atoms with Gasteiger partial charge in [0, 0.05) is 32.2 Å². The first kappa shape index (κ1) is 19.4. The van der Waals surface area contributed by atoms with E-state index >= 15 is 0 Å². The molecule has 1 N–H and O–H groups in total. The molecule has 2 rings (SSSR count). The normalized spacial score (nSPS) is 18.9. The van der Waals surface area contributed by atoms with Gasteiger partial charge in [-0.3, -0.25) is 4.90 Å². The average molecular weight is 402 g/mol. The van der Waals surface area contributed by atoms with Crippen LogP contribution in [-0.2, 0) is 6.54 Å². The maximum absolute atomic E-state index is 12.4. The molecular formula is C14H20BrClF2N2O2. The molecule has 1 fully saturated rings. The summed E-state index contributed by atoms with van der Waals surface area (Å²) in [7, 11) is 1.44. The van der Waals surface area contributed by atoms with Crippen LogP contribution in [0.5, 0.6) is 11.5 Å². The number of piperazine rings is 1. The van der Waals surface area contributed by atoms with Crippen molar-refractivity contribution in [1.82, 2.24) is 10.2 Å².